The molecule has 122 valence electrons. The van der Waals surface area contributed by atoms with Gasteiger partial charge in [0.2, 0.25) is 15.9 Å². The molecule has 0 aliphatic heterocycles. The second-order valence-corrected chi connectivity index (χ2v) is 7.13. The lowest BCUT2D eigenvalue weighted by Gasteiger charge is -2.25. The van der Waals surface area contributed by atoms with Gasteiger partial charge in [0.25, 0.3) is 0 Å². The fraction of sp³-hybridized carbons (Fsp3) is 0.188. The summed E-state index contributed by atoms with van der Waals surface area (Å²) < 4.78 is 37.9. The fourth-order valence-corrected chi connectivity index (χ4v) is 2.73. The highest BCUT2D eigenvalue weighted by molar-refractivity contribution is 7.88. The molecule has 23 heavy (non-hydrogen) atoms. The fourth-order valence-electron chi connectivity index (χ4n) is 2.13. The predicted molar refractivity (Wildman–Crippen MR) is 86.8 cm³/mol. The van der Waals surface area contributed by atoms with Crippen molar-refractivity contribution in [3.63, 3.8) is 0 Å². The van der Waals surface area contributed by atoms with Gasteiger partial charge in [0.1, 0.15) is 11.9 Å². The van der Waals surface area contributed by atoms with E-state index in [-0.39, 0.29) is 5.69 Å². The lowest BCUT2D eigenvalue weighted by Crippen LogP contribution is -2.38. The van der Waals surface area contributed by atoms with Gasteiger partial charge in [-0.3, -0.25) is 4.79 Å². The molecule has 7 heteroatoms. The number of anilines is 1. The summed E-state index contributed by atoms with van der Waals surface area (Å²) in [6.45, 7) is 0. The predicted octanol–water partition coefficient (Wildman–Crippen LogP) is 2.40. The SMILES string of the molecule is CN([C@H](C(=O)Nc1cccc(F)c1)c1ccccc1)S(C)(=O)=O. The maximum absolute atomic E-state index is 13.2. The Morgan fingerprint density at radius 1 is 1.13 bits per heavy atom. The molecule has 5 nitrogen and oxygen atoms in total. The number of nitrogens with zero attached hydrogens (tertiary/aromatic N) is 1. The Kier molecular flexibility index (Phi) is 5.12. The molecule has 2 aromatic carbocycles. The van der Waals surface area contributed by atoms with E-state index in [9.17, 15) is 17.6 Å². The van der Waals surface area contributed by atoms with Gasteiger partial charge >= 0.3 is 0 Å². The smallest absolute Gasteiger partial charge is 0.247 e. The van der Waals surface area contributed by atoms with Crippen molar-refractivity contribution >= 4 is 21.6 Å². The second-order valence-electron chi connectivity index (χ2n) is 5.09. The molecule has 0 bridgehead atoms. The quantitative estimate of drug-likeness (QED) is 0.912. The number of hydrogen-bond acceptors (Lipinski definition) is 3. The highest BCUT2D eigenvalue weighted by Crippen LogP contribution is 2.23. The van der Waals surface area contributed by atoms with Gasteiger partial charge in [-0.1, -0.05) is 36.4 Å². The number of likely N-dealkylation sites (N-methyl/N-ethyl adjacent to an activating group) is 1. The minimum absolute atomic E-state index is 0.262. The summed E-state index contributed by atoms with van der Waals surface area (Å²) in [5.41, 5.74) is 0.784. The maximum Gasteiger partial charge on any atom is 0.247 e. The number of benzene rings is 2. The third kappa shape index (κ3) is 4.37. The van der Waals surface area contributed by atoms with Crippen molar-refractivity contribution in [3.05, 3.63) is 66.0 Å². The Hall–Kier alpha value is -2.25. The van der Waals surface area contributed by atoms with Crippen molar-refractivity contribution in [1.29, 1.82) is 0 Å². The third-order valence-corrected chi connectivity index (χ3v) is 4.60. The van der Waals surface area contributed by atoms with Gasteiger partial charge < -0.3 is 5.32 Å². The van der Waals surface area contributed by atoms with Gasteiger partial charge in [-0.05, 0) is 23.8 Å². The Balaban J connectivity index is 2.35. The minimum Gasteiger partial charge on any atom is -0.324 e. The normalized spacial score (nSPS) is 12.9. The molecule has 0 aromatic heterocycles. The molecular formula is C16H17FN2O3S. The highest BCUT2D eigenvalue weighted by atomic mass is 32.2. The standard InChI is InChI=1S/C16H17FN2O3S/c1-19(23(2,21)22)15(12-7-4-3-5-8-12)16(20)18-14-10-6-9-13(17)11-14/h3-11,15H,1-2H3,(H,18,20)/t15-/m0/s1. The van der Waals surface area contributed by atoms with Crippen molar-refractivity contribution in [2.75, 3.05) is 18.6 Å². The van der Waals surface area contributed by atoms with Crippen molar-refractivity contribution < 1.29 is 17.6 Å². The van der Waals surface area contributed by atoms with Crippen molar-refractivity contribution in [3.8, 4) is 0 Å². The number of amides is 1. The van der Waals surface area contributed by atoms with Gasteiger partial charge in [0, 0.05) is 12.7 Å². The van der Waals surface area contributed by atoms with E-state index >= 15 is 0 Å². The number of halogens is 1. The van der Waals surface area contributed by atoms with Gasteiger partial charge in [-0.25, -0.2) is 12.8 Å². The zero-order valence-corrected chi connectivity index (χ0v) is 13.5. The van der Waals surface area contributed by atoms with Crippen LogP contribution < -0.4 is 5.32 Å². The van der Waals surface area contributed by atoms with Gasteiger partial charge in [-0.2, -0.15) is 4.31 Å². The lowest BCUT2D eigenvalue weighted by molar-refractivity contribution is -0.119. The van der Waals surface area contributed by atoms with Crippen LogP contribution in [-0.4, -0.2) is 31.9 Å². The van der Waals surface area contributed by atoms with Crippen LogP contribution in [0.1, 0.15) is 11.6 Å². The molecule has 0 aliphatic carbocycles. The molecule has 0 saturated heterocycles. The zero-order valence-electron chi connectivity index (χ0n) is 12.7. The summed E-state index contributed by atoms with van der Waals surface area (Å²) >= 11 is 0. The number of nitrogens with one attached hydrogen (secondary N) is 1. The van der Waals surface area contributed by atoms with Crippen molar-refractivity contribution in [2.45, 2.75) is 6.04 Å². The minimum atomic E-state index is -3.60. The zero-order chi connectivity index (χ0) is 17.0. The second kappa shape index (κ2) is 6.89. The first-order valence-electron chi connectivity index (χ1n) is 6.83. The summed E-state index contributed by atoms with van der Waals surface area (Å²) in [4.78, 5) is 12.6. The van der Waals surface area contributed by atoms with E-state index < -0.39 is 27.8 Å². The summed E-state index contributed by atoms with van der Waals surface area (Å²) in [7, 11) is -2.27. The molecule has 0 radical (unpaired) electrons. The van der Waals surface area contributed by atoms with Crippen LogP contribution in [0.4, 0.5) is 10.1 Å². The van der Waals surface area contributed by atoms with Gasteiger partial charge in [0.05, 0.1) is 6.26 Å². The lowest BCUT2D eigenvalue weighted by atomic mass is 10.1. The summed E-state index contributed by atoms with van der Waals surface area (Å²) in [6, 6.07) is 12.9. The number of carbonyl (C=O) groups is 1. The maximum atomic E-state index is 13.2. The Labute approximate surface area is 134 Å². The molecule has 2 rings (SSSR count). The van der Waals surface area contributed by atoms with Crippen LogP contribution in [0.5, 0.6) is 0 Å². The van der Waals surface area contributed by atoms with Gasteiger partial charge in [0.15, 0.2) is 0 Å². The molecule has 0 saturated carbocycles. The Morgan fingerprint density at radius 2 is 1.78 bits per heavy atom. The molecule has 0 aliphatic rings. The van der Waals surface area contributed by atoms with Crippen LogP contribution >= 0.6 is 0 Å². The third-order valence-electron chi connectivity index (χ3n) is 3.34. The molecule has 1 atom stereocenters. The van der Waals surface area contributed by atoms with Crippen LogP contribution in [-0.2, 0) is 14.8 Å². The molecular weight excluding hydrogens is 319 g/mol. The van der Waals surface area contributed by atoms with Crippen LogP contribution in [0.2, 0.25) is 0 Å². The average molecular weight is 336 g/mol. The van der Waals surface area contributed by atoms with Crippen molar-refractivity contribution in [2.24, 2.45) is 0 Å². The monoisotopic (exact) mass is 336 g/mol. The summed E-state index contributed by atoms with van der Waals surface area (Å²) in [6.07, 6.45) is 1.03. The summed E-state index contributed by atoms with van der Waals surface area (Å²) in [5.74, 6) is -1.05. The van der Waals surface area contributed by atoms with Crippen LogP contribution in [0.25, 0.3) is 0 Å². The topological polar surface area (TPSA) is 66.5 Å². The molecule has 1 amide bonds. The molecule has 0 fully saturated rings. The number of rotatable bonds is 5. The number of sulfonamides is 1. The van der Waals surface area contributed by atoms with Crippen LogP contribution in [0.15, 0.2) is 54.6 Å². The highest BCUT2D eigenvalue weighted by Gasteiger charge is 2.30. The van der Waals surface area contributed by atoms with E-state index in [4.69, 9.17) is 0 Å². The molecule has 2 aromatic rings. The van der Waals surface area contributed by atoms with Crippen molar-refractivity contribution in [1.82, 2.24) is 4.31 Å². The van der Waals surface area contributed by atoms with E-state index in [1.54, 1.807) is 30.3 Å². The van der Waals surface area contributed by atoms with E-state index in [1.165, 1.54) is 31.3 Å². The van der Waals surface area contributed by atoms with Crippen LogP contribution in [0.3, 0.4) is 0 Å². The molecule has 1 N–H and O–H groups in total. The van der Waals surface area contributed by atoms with E-state index in [0.717, 1.165) is 10.6 Å². The summed E-state index contributed by atoms with van der Waals surface area (Å²) in [5, 5.41) is 2.55. The largest absolute Gasteiger partial charge is 0.324 e. The van der Waals surface area contributed by atoms with E-state index in [1.807, 2.05) is 0 Å². The first kappa shape index (κ1) is 17.1. The number of carbonyl (C=O) groups excluding carboxylic acids is 1. The first-order chi connectivity index (χ1) is 10.8. The Bertz CT molecular complexity index is 794. The molecule has 0 heterocycles. The number of hydrogen-bond donors (Lipinski definition) is 1. The van der Waals surface area contributed by atoms with Crippen LogP contribution in [0, 0.1) is 5.82 Å². The first-order valence-corrected chi connectivity index (χ1v) is 8.68. The van der Waals surface area contributed by atoms with E-state index in [0.29, 0.717) is 5.56 Å². The molecule has 0 spiro atoms. The van der Waals surface area contributed by atoms with E-state index in [2.05, 4.69) is 5.32 Å². The molecule has 0 unspecified atom stereocenters. The van der Waals surface area contributed by atoms with Gasteiger partial charge in [-0.15, -0.1) is 0 Å². The average Bonchev–Trinajstić information content (AvgIpc) is 2.47. The Morgan fingerprint density at radius 3 is 2.35 bits per heavy atom.